The van der Waals surface area contributed by atoms with E-state index in [1.165, 1.54) is 0 Å². The Balaban J connectivity index is 1.43. The van der Waals surface area contributed by atoms with Crippen LogP contribution in [-0.2, 0) is 14.3 Å². The highest BCUT2D eigenvalue weighted by Crippen LogP contribution is 2.43. The molecule has 1 amide bonds. The van der Waals surface area contributed by atoms with E-state index < -0.39 is 0 Å². The highest BCUT2D eigenvalue weighted by atomic mass is 32.1. The summed E-state index contributed by atoms with van der Waals surface area (Å²) in [6, 6.07) is 0. The lowest BCUT2D eigenvalue weighted by atomic mass is 9.77. The normalized spacial score (nSPS) is 23.0. The number of nitrogens with zero attached hydrogens (tertiary/aromatic N) is 4. The number of aryl methyl sites for hydroxylation is 1. The molecule has 1 aromatic heterocycles. The van der Waals surface area contributed by atoms with Crippen molar-refractivity contribution < 1.29 is 14.3 Å². The second kappa shape index (κ2) is 7.33. The molecule has 7 nitrogen and oxygen atoms in total. The lowest BCUT2D eigenvalue weighted by Gasteiger charge is -2.38. The highest BCUT2D eigenvalue weighted by Gasteiger charge is 2.42. The summed E-state index contributed by atoms with van der Waals surface area (Å²) >= 11 is 1.66. The summed E-state index contributed by atoms with van der Waals surface area (Å²) in [5.74, 6) is -0.0108. The number of amides is 1. The number of hydrogen-bond donors (Lipinski definition) is 0. The van der Waals surface area contributed by atoms with Gasteiger partial charge in [0.25, 0.3) is 0 Å². The summed E-state index contributed by atoms with van der Waals surface area (Å²) in [7, 11) is 3.47. The van der Waals surface area contributed by atoms with Crippen LogP contribution in [0.15, 0.2) is 0 Å². The van der Waals surface area contributed by atoms with Gasteiger partial charge in [-0.1, -0.05) is 11.3 Å². The van der Waals surface area contributed by atoms with Gasteiger partial charge in [0.1, 0.15) is 11.6 Å². The van der Waals surface area contributed by atoms with Crippen LogP contribution in [-0.4, -0.2) is 74.1 Å². The number of likely N-dealkylation sites (N-methyl/N-ethyl adjacent to an activating group) is 1. The third-order valence-corrected chi connectivity index (χ3v) is 5.82. The first kappa shape index (κ1) is 17.6. The van der Waals surface area contributed by atoms with Gasteiger partial charge >= 0.3 is 0 Å². The molecule has 2 fully saturated rings. The van der Waals surface area contributed by atoms with Crippen molar-refractivity contribution in [3.63, 3.8) is 0 Å². The van der Waals surface area contributed by atoms with Crippen LogP contribution < -0.4 is 4.90 Å². The summed E-state index contributed by atoms with van der Waals surface area (Å²) in [6.45, 7) is 5.43. The quantitative estimate of drug-likeness (QED) is 0.795. The van der Waals surface area contributed by atoms with Crippen LogP contribution in [0.5, 0.6) is 0 Å². The molecule has 1 aromatic rings. The van der Waals surface area contributed by atoms with Crippen LogP contribution >= 0.6 is 11.3 Å². The fraction of sp³-hybridized carbons (Fsp3) is 0.812. The van der Waals surface area contributed by atoms with Crippen LogP contribution in [0.4, 0.5) is 5.13 Å². The van der Waals surface area contributed by atoms with E-state index in [2.05, 4.69) is 15.1 Å². The number of anilines is 1. The van der Waals surface area contributed by atoms with Gasteiger partial charge in [-0.25, -0.2) is 0 Å². The molecule has 134 valence electrons. The average molecular weight is 354 g/mol. The number of aromatic nitrogens is 2. The van der Waals surface area contributed by atoms with E-state index in [0.717, 1.165) is 49.1 Å². The first-order valence-electron chi connectivity index (χ1n) is 8.42. The Morgan fingerprint density at radius 3 is 2.79 bits per heavy atom. The zero-order chi connectivity index (χ0) is 17.2. The SMILES string of the molecule is Cc1nnc(N2CCC3(CC2)CO[C@H](COCC(=O)N(C)C)C3)s1. The molecule has 8 heteroatoms. The Hall–Kier alpha value is -1.25. The molecule has 24 heavy (non-hydrogen) atoms. The second-order valence-electron chi connectivity index (χ2n) is 7.03. The monoisotopic (exact) mass is 354 g/mol. The molecule has 0 aliphatic carbocycles. The molecule has 0 aromatic carbocycles. The molecule has 3 heterocycles. The van der Waals surface area contributed by atoms with Crippen molar-refractivity contribution in [2.45, 2.75) is 32.3 Å². The molecule has 0 N–H and O–H groups in total. The third kappa shape index (κ3) is 4.04. The molecule has 2 aliphatic rings. The number of hydrogen-bond acceptors (Lipinski definition) is 7. The fourth-order valence-electron chi connectivity index (χ4n) is 3.34. The smallest absolute Gasteiger partial charge is 0.248 e. The van der Waals surface area contributed by atoms with Gasteiger partial charge in [0.15, 0.2) is 0 Å². The Morgan fingerprint density at radius 1 is 1.42 bits per heavy atom. The standard InChI is InChI=1S/C16H26N4O3S/c1-12-17-18-15(24-12)20-6-4-16(5-7-20)8-13(23-11-16)9-22-10-14(21)19(2)3/h13H,4-11H2,1-3H3/t13-/m0/s1. The number of ether oxygens (including phenoxy) is 2. The zero-order valence-electron chi connectivity index (χ0n) is 14.7. The predicted molar refractivity (Wildman–Crippen MR) is 92.4 cm³/mol. The van der Waals surface area contributed by atoms with Crippen molar-refractivity contribution in [2.75, 3.05) is 51.9 Å². The molecule has 0 saturated carbocycles. The van der Waals surface area contributed by atoms with Crippen LogP contribution in [0.3, 0.4) is 0 Å². The van der Waals surface area contributed by atoms with Crippen molar-refractivity contribution in [1.82, 2.24) is 15.1 Å². The Labute approximate surface area is 146 Å². The van der Waals surface area contributed by atoms with Gasteiger partial charge in [-0.3, -0.25) is 4.79 Å². The largest absolute Gasteiger partial charge is 0.375 e. The molecule has 2 aliphatic heterocycles. The van der Waals surface area contributed by atoms with Crippen molar-refractivity contribution in [2.24, 2.45) is 5.41 Å². The summed E-state index contributed by atoms with van der Waals surface area (Å²) in [5.41, 5.74) is 0.260. The van der Waals surface area contributed by atoms with E-state index in [-0.39, 0.29) is 24.0 Å². The minimum Gasteiger partial charge on any atom is -0.375 e. The fourth-order valence-corrected chi connectivity index (χ4v) is 4.08. The van der Waals surface area contributed by atoms with Gasteiger partial charge in [0.05, 0.1) is 19.3 Å². The number of rotatable bonds is 5. The number of piperidine rings is 1. The van der Waals surface area contributed by atoms with Gasteiger partial charge in [-0.05, 0) is 31.6 Å². The first-order chi connectivity index (χ1) is 11.5. The van der Waals surface area contributed by atoms with E-state index in [1.54, 1.807) is 30.3 Å². The lowest BCUT2D eigenvalue weighted by molar-refractivity contribution is -0.134. The molecule has 0 radical (unpaired) electrons. The first-order valence-corrected chi connectivity index (χ1v) is 9.24. The minimum atomic E-state index is -0.0108. The minimum absolute atomic E-state index is 0.0108. The summed E-state index contributed by atoms with van der Waals surface area (Å²) in [5, 5.41) is 10.4. The van der Waals surface area contributed by atoms with Gasteiger partial charge in [-0.15, -0.1) is 10.2 Å². The molecule has 3 rings (SSSR count). The van der Waals surface area contributed by atoms with Crippen LogP contribution in [0.2, 0.25) is 0 Å². The van der Waals surface area contributed by atoms with Crippen molar-refractivity contribution in [3.8, 4) is 0 Å². The lowest BCUT2D eigenvalue weighted by Crippen LogP contribution is -2.40. The maximum atomic E-state index is 11.5. The van der Waals surface area contributed by atoms with E-state index in [9.17, 15) is 4.79 Å². The molecular weight excluding hydrogens is 328 g/mol. The van der Waals surface area contributed by atoms with Crippen molar-refractivity contribution in [3.05, 3.63) is 5.01 Å². The summed E-state index contributed by atoms with van der Waals surface area (Å²) < 4.78 is 11.5. The maximum Gasteiger partial charge on any atom is 0.248 e. The van der Waals surface area contributed by atoms with E-state index in [0.29, 0.717) is 6.61 Å². The number of carbonyl (C=O) groups excluding carboxylic acids is 1. The zero-order valence-corrected chi connectivity index (χ0v) is 15.5. The Morgan fingerprint density at radius 2 is 2.17 bits per heavy atom. The predicted octanol–water partition coefficient (Wildman–Crippen LogP) is 1.33. The second-order valence-corrected chi connectivity index (χ2v) is 8.19. The van der Waals surface area contributed by atoms with E-state index in [4.69, 9.17) is 9.47 Å². The molecule has 0 bridgehead atoms. The third-order valence-electron chi connectivity index (χ3n) is 4.92. The van der Waals surface area contributed by atoms with Crippen molar-refractivity contribution in [1.29, 1.82) is 0 Å². The van der Waals surface area contributed by atoms with Gasteiger partial charge in [0.2, 0.25) is 11.0 Å². The molecule has 2 saturated heterocycles. The molecule has 1 spiro atoms. The van der Waals surface area contributed by atoms with E-state index in [1.807, 2.05) is 6.92 Å². The maximum absolute atomic E-state index is 11.5. The molecule has 1 atom stereocenters. The van der Waals surface area contributed by atoms with Gasteiger partial charge < -0.3 is 19.3 Å². The van der Waals surface area contributed by atoms with Crippen molar-refractivity contribution >= 4 is 22.4 Å². The molecular formula is C16H26N4O3S. The van der Waals surface area contributed by atoms with Gasteiger partial charge in [0, 0.05) is 27.2 Å². The number of carbonyl (C=O) groups is 1. The van der Waals surface area contributed by atoms with Crippen LogP contribution in [0.1, 0.15) is 24.3 Å². The summed E-state index contributed by atoms with van der Waals surface area (Å²) in [6.07, 6.45) is 3.35. The van der Waals surface area contributed by atoms with Gasteiger partial charge in [-0.2, -0.15) is 0 Å². The average Bonchev–Trinajstić information content (AvgIpc) is 3.15. The highest BCUT2D eigenvalue weighted by molar-refractivity contribution is 7.15. The van der Waals surface area contributed by atoms with Crippen LogP contribution in [0, 0.1) is 12.3 Å². The topological polar surface area (TPSA) is 67.8 Å². The Kier molecular flexibility index (Phi) is 5.36. The Bertz CT molecular complexity index is 569. The molecule has 0 unspecified atom stereocenters. The van der Waals surface area contributed by atoms with E-state index >= 15 is 0 Å². The van der Waals surface area contributed by atoms with Crippen LogP contribution in [0.25, 0.3) is 0 Å². The summed E-state index contributed by atoms with van der Waals surface area (Å²) in [4.78, 5) is 15.4.